The number of benzene rings is 3. The molecule has 180 valence electrons. The van der Waals surface area contributed by atoms with E-state index in [4.69, 9.17) is 0 Å². The van der Waals surface area contributed by atoms with E-state index in [1.54, 1.807) is 48.7 Å². The zero-order valence-electron chi connectivity index (χ0n) is 18.5. The van der Waals surface area contributed by atoms with Crippen LogP contribution in [-0.2, 0) is 6.54 Å². The van der Waals surface area contributed by atoms with Crippen LogP contribution in [0.15, 0.2) is 89.9 Å². The van der Waals surface area contributed by atoms with Crippen LogP contribution in [0.1, 0.15) is 15.9 Å². The van der Waals surface area contributed by atoms with E-state index in [1.807, 2.05) is 11.4 Å². The molecule has 0 radical (unpaired) electrons. The number of nitrogens with one attached hydrogen (secondary N) is 1. The van der Waals surface area contributed by atoms with Crippen LogP contribution in [0.4, 0.5) is 23.2 Å². The Bertz CT molecular complexity index is 1630. The van der Waals surface area contributed by atoms with E-state index < -0.39 is 51.5 Å². The Balaban J connectivity index is 1.58. The lowest BCUT2D eigenvalue weighted by atomic mass is 10.0. The highest BCUT2D eigenvalue weighted by Gasteiger charge is 2.29. The van der Waals surface area contributed by atoms with Gasteiger partial charge in [-0.25, -0.2) is 22.2 Å². The topological polar surface area (TPSA) is 55.5 Å². The van der Waals surface area contributed by atoms with Gasteiger partial charge >= 0.3 is 0 Å². The van der Waals surface area contributed by atoms with Crippen molar-refractivity contribution in [2.24, 2.45) is 0 Å². The van der Waals surface area contributed by atoms with Gasteiger partial charge in [-0.05, 0) is 23.3 Å². The summed E-state index contributed by atoms with van der Waals surface area (Å²) in [4.78, 5) is 26.3. The van der Waals surface area contributed by atoms with E-state index in [1.165, 1.54) is 39.5 Å². The summed E-state index contributed by atoms with van der Waals surface area (Å²) in [5.41, 5.74) is -2.55. The first-order valence-corrected chi connectivity index (χ1v) is 10.8. The molecule has 0 aliphatic heterocycles. The number of hydrogen-bond acceptors (Lipinski definition) is 2. The maximum atomic E-state index is 14.9. The van der Waals surface area contributed by atoms with E-state index in [-0.39, 0.29) is 17.6 Å². The smallest absolute Gasteiger partial charge is 0.280 e. The number of amides is 1. The first-order chi connectivity index (χ1) is 17.4. The van der Waals surface area contributed by atoms with Crippen molar-refractivity contribution < 1.29 is 22.4 Å². The SMILES string of the molecule is O=C(Nc1c(F)c(F)c(-c2ccccc2)c(F)c1F)c1c(=O)n(Cc2ccccc2)n2ccccc12. The van der Waals surface area contributed by atoms with Gasteiger partial charge in [0.05, 0.1) is 17.6 Å². The van der Waals surface area contributed by atoms with Gasteiger partial charge in [0.1, 0.15) is 11.3 Å². The zero-order valence-corrected chi connectivity index (χ0v) is 18.5. The molecule has 1 amide bonds. The molecule has 0 saturated heterocycles. The lowest BCUT2D eigenvalue weighted by molar-refractivity contribution is 0.102. The number of pyridine rings is 1. The van der Waals surface area contributed by atoms with Gasteiger partial charge < -0.3 is 5.32 Å². The number of aromatic nitrogens is 2. The predicted molar refractivity (Wildman–Crippen MR) is 127 cm³/mol. The summed E-state index contributed by atoms with van der Waals surface area (Å²) in [5.74, 6) is -8.11. The molecule has 0 aliphatic carbocycles. The summed E-state index contributed by atoms with van der Waals surface area (Å²) in [6, 6.07) is 20.7. The highest BCUT2D eigenvalue weighted by Crippen LogP contribution is 2.34. The molecule has 9 heteroatoms. The second kappa shape index (κ2) is 9.18. The molecule has 36 heavy (non-hydrogen) atoms. The third-order valence-electron chi connectivity index (χ3n) is 5.77. The van der Waals surface area contributed by atoms with Crippen LogP contribution in [0.25, 0.3) is 16.6 Å². The van der Waals surface area contributed by atoms with Crippen molar-refractivity contribution in [3.63, 3.8) is 0 Å². The average Bonchev–Trinajstić information content (AvgIpc) is 3.18. The first kappa shape index (κ1) is 23.1. The largest absolute Gasteiger partial charge is 0.317 e. The van der Waals surface area contributed by atoms with E-state index in [2.05, 4.69) is 0 Å². The lowest BCUT2D eigenvalue weighted by Crippen LogP contribution is -2.26. The number of fused-ring (bicyclic) bond motifs is 1. The molecule has 1 N–H and O–H groups in total. The van der Waals surface area contributed by atoms with Gasteiger partial charge in [-0.3, -0.25) is 14.1 Å². The maximum Gasteiger partial charge on any atom is 0.280 e. The van der Waals surface area contributed by atoms with Crippen LogP contribution in [0, 0.1) is 23.3 Å². The molecule has 5 rings (SSSR count). The zero-order chi connectivity index (χ0) is 25.4. The minimum atomic E-state index is -1.78. The van der Waals surface area contributed by atoms with E-state index >= 15 is 0 Å². The third-order valence-corrected chi connectivity index (χ3v) is 5.77. The fourth-order valence-corrected chi connectivity index (χ4v) is 4.07. The fraction of sp³-hybridized carbons (Fsp3) is 0.0370. The highest BCUT2D eigenvalue weighted by atomic mass is 19.2. The molecule has 0 bridgehead atoms. The second-order valence-corrected chi connectivity index (χ2v) is 7.98. The van der Waals surface area contributed by atoms with E-state index in [0.717, 1.165) is 5.56 Å². The Kier molecular flexibility index (Phi) is 5.89. The summed E-state index contributed by atoms with van der Waals surface area (Å²) in [6.07, 6.45) is 1.55. The minimum absolute atomic E-state index is 0.0783. The Morgan fingerprint density at radius 3 is 1.97 bits per heavy atom. The van der Waals surface area contributed by atoms with Crippen molar-refractivity contribution in [2.45, 2.75) is 6.54 Å². The van der Waals surface area contributed by atoms with Crippen molar-refractivity contribution >= 4 is 17.1 Å². The van der Waals surface area contributed by atoms with Crippen LogP contribution in [0.2, 0.25) is 0 Å². The summed E-state index contributed by atoms with van der Waals surface area (Å²) in [5, 5.41) is 1.87. The molecule has 0 saturated carbocycles. The van der Waals surface area contributed by atoms with Gasteiger partial charge in [-0.15, -0.1) is 0 Å². The number of carbonyl (C=O) groups is 1. The monoisotopic (exact) mass is 491 g/mol. The molecule has 5 aromatic rings. The van der Waals surface area contributed by atoms with Crippen LogP contribution in [-0.4, -0.2) is 15.1 Å². The normalized spacial score (nSPS) is 11.1. The number of nitrogens with zero attached hydrogens (tertiary/aromatic N) is 2. The third kappa shape index (κ3) is 3.84. The van der Waals surface area contributed by atoms with Crippen molar-refractivity contribution in [3.05, 3.63) is 130 Å². The molecule has 3 aromatic carbocycles. The van der Waals surface area contributed by atoms with Gasteiger partial charge in [0.15, 0.2) is 23.3 Å². The van der Waals surface area contributed by atoms with E-state index in [9.17, 15) is 27.2 Å². The number of rotatable bonds is 5. The standard InChI is InChI=1S/C27H17F4N3O2/c28-21-19(17-11-5-2-6-12-17)22(29)24(31)25(23(21)30)32-26(35)20-18-13-7-8-14-33(18)34(27(20)36)15-16-9-3-1-4-10-16/h1-14H,15H2,(H,32,35). The number of anilines is 1. The van der Waals surface area contributed by atoms with Crippen molar-refractivity contribution in [2.75, 3.05) is 5.32 Å². The van der Waals surface area contributed by atoms with Gasteiger partial charge in [-0.2, -0.15) is 0 Å². The average molecular weight is 491 g/mol. The molecular formula is C27H17F4N3O2. The molecule has 0 unspecified atom stereocenters. The van der Waals surface area contributed by atoms with Crippen LogP contribution in [0.3, 0.4) is 0 Å². The first-order valence-electron chi connectivity index (χ1n) is 10.8. The molecule has 2 heterocycles. The van der Waals surface area contributed by atoms with Gasteiger partial charge in [0.25, 0.3) is 11.5 Å². The Labute approximate surface area is 201 Å². The molecule has 0 spiro atoms. The molecule has 0 aliphatic rings. The molecule has 0 fully saturated rings. The second-order valence-electron chi connectivity index (χ2n) is 7.98. The van der Waals surface area contributed by atoms with Crippen molar-refractivity contribution in [3.8, 4) is 11.1 Å². The summed E-state index contributed by atoms with van der Waals surface area (Å²) in [6.45, 7) is 0.107. The van der Waals surface area contributed by atoms with Crippen LogP contribution >= 0.6 is 0 Å². The van der Waals surface area contributed by atoms with Gasteiger partial charge in [-0.1, -0.05) is 66.7 Å². The minimum Gasteiger partial charge on any atom is -0.317 e. The molecular weight excluding hydrogens is 474 g/mol. The Morgan fingerprint density at radius 1 is 0.750 bits per heavy atom. The van der Waals surface area contributed by atoms with E-state index in [0.29, 0.717) is 0 Å². The number of carbonyl (C=O) groups excluding carboxylic acids is 1. The molecule has 0 atom stereocenters. The Hall–Kier alpha value is -4.66. The highest BCUT2D eigenvalue weighted by molar-refractivity contribution is 6.09. The fourth-order valence-electron chi connectivity index (χ4n) is 4.07. The summed E-state index contributed by atoms with van der Waals surface area (Å²) in [7, 11) is 0. The van der Waals surface area contributed by atoms with Crippen LogP contribution in [0.5, 0.6) is 0 Å². The molecule has 5 nitrogen and oxygen atoms in total. The number of hydrogen-bond donors (Lipinski definition) is 1. The quantitative estimate of drug-likeness (QED) is 0.256. The van der Waals surface area contributed by atoms with Crippen LogP contribution < -0.4 is 10.9 Å². The summed E-state index contributed by atoms with van der Waals surface area (Å²) < 4.78 is 62.1. The predicted octanol–water partition coefficient (Wildman–Crippen LogP) is 5.63. The summed E-state index contributed by atoms with van der Waals surface area (Å²) >= 11 is 0. The maximum absolute atomic E-state index is 14.9. The van der Waals surface area contributed by atoms with Gasteiger partial charge in [0, 0.05) is 6.20 Å². The number of halogens is 4. The molecule has 2 aromatic heterocycles. The van der Waals surface area contributed by atoms with Gasteiger partial charge in [0.2, 0.25) is 0 Å². The lowest BCUT2D eigenvalue weighted by Gasteiger charge is -2.13. The van der Waals surface area contributed by atoms with Crippen molar-refractivity contribution in [1.29, 1.82) is 0 Å². The Morgan fingerprint density at radius 2 is 1.33 bits per heavy atom. The van der Waals surface area contributed by atoms with Crippen molar-refractivity contribution in [1.82, 2.24) is 9.20 Å².